The molecule has 2 atom stereocenters. The van der Waals surface area contributed by atoms with Crippen molar-refractivity contribution in [3.05, 3.63) is 51.4 Å². The number of halogens is 1. The number of nitrogens with one attached hydrogen (secondary N) is 1. The number of aryl methyl sites for hydroxylation is 2. The summed E-state index contributed by atoms with van der Waals surface area (Å²) in [7, 11) is 1.58. The minimum absolute atomic E-state index is 0.000675. The molecule has 3 saturated heterocycles. The number of carbonyl (C=O) groups is 1. The average Bonchev–Trinajstić information content (AvgIpc) is 2.66. The SMILES string of the molecule is Cc1ccccc1NC(=O)CN1C2CC1CN(c1cnn(C)c(=O)c1Cl)C2. The van der Waals surface area contributed by atoms with Crippen LogP contribution in [0.1, 0.15) is 12.0 Å². The molecule has 1 aromatic heterocycles. The lowest BCUT2D eigenvalue weighted by atomic mass is 9.87. The number of fused-ring (bicyclic) bond motifs is 2. The number of nitrogens with zero attached hydrogens (tertiary/aromatic N) is 4. The molecule has 27 heavy (non-hydrogen) atoms. The van der Waals surface area contributed by atoms with Crippen LogP contribution in [-0.4, -0.2) is 52.3 Å². The zero-order chi connectivity index (χ0) is 19.1. The van der Waals surface area contributed by atoms with Gasteiger partial charge in [0.15, 0.2) is 0 Å². The summed E-state index contributed by atoms with van der Waals surface area (Å²) in [6, 6.07) is 8.33. The molecule has 8 heteroatoms. The van der Waals surface area contributed by atoms with Gasteiger partial charge in [-0.25, -0.2) is 4.68 Å². The third kappa shape index (κ3) is 3.33. The molecule has 3 aliphatic rings. The van der Waals surface area contributed by atoms with E-state index in [1.54, 1.807) is 13.2 Å². The predicted octanol–water partition coefficient (Wildman–Crippen LogP) is 1.64. The largest absolute Gasteiger partial charge is 0.366 e. The van der Waals surface area contributed by atoms with Gasteiger partial charge in [0.2, 0.25) is 5.91 Å². The summed E-state index contributed by atoms with van der Waals surface area (Å²) in [5.74, 6) is 0.000675. The van der Waals surface area contributed by atoms with E-state index in [0.29, 0.717) is 12.2 Å². The van der Waals surface area contributed by atoms with E-state index in [-0.39, 0.29) is 28.6 Å². The summed E-state index contributed by atoms with van der Waals surface area (Å²) in [4.78, 5) is 28.8. The highest BCUT2D eigenvalue weighted by Gasteiger charge is 2.45. The Balaban J connectivity index is 1.40. The summed E-state index contributed by atoms with van der Waals surface area (Å²) >= 11 is 6.23. The molecule has 0 aliphatic carbocycles. The Bertz CT molecular complexity index is 932. The fraction of sp³-hybridized carbons (Fsp3) is 0.421. The second-order valence-electron chi connectivity index (χ2n) is 7.26. The first kappa shape index (κ1) is 18.0. The van der Waals surface area contributed by atoms with Crippen LogP contribution in [-0.2, 0) is 11.8 Å². The van der Waals surface area contributed by atoms with Gasteiger partial charge in [-0.1, -0.05) is 29.8 Å². The van der Waals surface area contributed by atoms with E-state index in [9.17, 15) is 9.59 Å². The summed E-state index contributed by atoms with van der Waals surface area (Å²) in [6.45, 7) is 3.83. The molecule has 0 radical (unpaired) electrons. The molecule has 0 spiro atoms. The summed E-state index contributed by atoms with van der Waals surface area (Å²) in [5, 5.41) is 7.28. The second kappa shape index (κ2) is 6.98. The number of hydrogen-bond acceptors (Lipinski definition) is 5. The number of carbonyl (C=O) groups excluding carboxylic acids is 1. The van der Waals surface area contributed by atoms with E-state index in [4.69, 9.17) is 11.6 Å². The van der Waals surface area contributed by atoms with Crippen LogP contribution in [0.5, 0.6) is 0 Å². The van der Waals surface area contributed by atoms with Crippen LogP contribution in [0.4, 0.5) is 11.4 Å². The van der Waals surface area contributed by atoms with Crippen LogP contribution in [0.15, 0.2) is 35.3 Å². The van der Waals surface area contributed by atoms with Crippen molar-refractivity contribution in [3.63, 3.8) is 0 Å². The van der Waals surface area contributed by atoms with Gasteiger partial charge in [0.1, 0.15) is 5.02 Å². The minimum Gasteiger partial charge on any atom is -0.366 e. The first-order valence-electron chi connectivity index (χ1n) is 9.02. The number of para-hydroxylation sites is 1. The molecule has 3 aliphatic heterocycles. The Labute approximate surface area is 162 Å². The first-order chi connectivity index (χ1) is 12.9. The Morgan fingerprint density at radius 3 is 2.70 bits per heavy atom. The fourth-order valence-corrected chi connectivity index (χ4v) is 4.22. The number of benzene rings is 1. The number of aromatic nitrogens is 2. The maximum Gasteiger partial charge on any atom is 0.287 e. The van der Waals surface area contributed by atoms with Gasteiger partial charge in [-0.05, 0) is 25.0 Å². The summed E-state index contributed by atoms with van der Waals surface area (Å²) < 4.78 is 1.23. The van der Waals surface area contributed by atoms with E-state index >= 15 is 0 Å². The van der Waals surface area contributed by atoms with Crippen molar-refractivity contribution in [2.75, 3.05) is 29.9 Å². The van der Waals surface area contributed by atoms with Gasteiger partial charge in [-0.2, -0.15) is 5.10 Å². The van der Waals surface area contributed by atoms with E-state index in [1.807, 2.05) is 31.2 Å². The molecule has 0 saturated carbocycles. The van der Waals surface area contributed by atoms with Crippen LogP contribution in [0.25, 0.3) is 0 Å². The maximum absolute atomic E-state index is 12.4. The van der Waals surface area contributed by atoms with Crippen molar-refractivity contribution in [1.82, 2.24) is 14.7 Å². The van der Waals surface area contributed by atoms with Crippen LogP contribution in [0.3, 0.4) is 0 Å². The third-order valence-corrected chi connectivity index (χ3v) is 5.85. The van der Waals surface area contributed by atoms with Crippen molar-refractivity contribution >= 4 is 28.9 Å². The molecular weight excluding hydrogens is 366 g/mol. The molecule has 2 unspecified atom stereocenters. The summed E-state index contributed by atoms with van der Waals surface area (Å²) in [5.41, 5.74) is 2.29. The zero-order valence-electron chi connectivity index (χ0n) is 15.4. The molecule has 1 N–H and O–H groups in total. The molecule has 142 valence electrons. The maximum atomic E-state index is 12.4. The first-order valence-corrected chi connectivity index (χ1v) is 9.40. The third-order valence-electron chi connectivity index (χ3n) is 5.49. The molecule has 5 rings (SSSR count). The Hall–Kier alpha value is -2.38. The molecule has 1 aromatic carbocycles. The lowest BCUT2D eigenvalue weighted by molar-refractivity contribution is -0.121. The number of rotatable bonds is 4. The van der Waals surface area contributed by atoms with Crippen molar-refractivity contribution in [2.24, 2.45) is 7.05 Å². The summed E-state index contributed by atoms with van der Waals surface area (Å²) in [6.07, 6.45) is 2.70. The van der Waals surface area contributed by atoms with E-state index in [0.717, 1.165) is 30.8 Å². The highest BCUT2D eigenvalue weighted by molar-refractivity contribution is 6.33. The van der Waals surface area contributed by atoms with Crippen molar-refractivity contribution in [1.29, 1.82) is 0 Å². The molecule has 3 fully saturated rings. The van der Waals surface area contributed by atoms with Gasteiger partial charge in [-0.3, -0.25) is 14.5 Å². The van der Waals surface area contributed by atoms with Gasteiger partial charge < -0.3 is 10.2 Å². The normalized spacial score (nSPS) is 21.7. The van der Waals surface area contributed by atoms with E-state index in [1.165, 1.54) is 4.68 Å². The lowest BCUT2D eigenvalue weighted by Crippen LogP contribution is -2.69. The zero-order valence-corrected chi connectivity index (χ0v) is 16.1. The molecule has 1 amide bonds. The molecule has 4 heterocycles. The molecule has 2 bridgehead atoms. The predicted molar refractivity (Wildman–Crippen MR) is 105 cm³/mol. The number of anilines is 2. The van der Waals surface area contributed by atoms with Crippen LogP contribution in [0, 0.1) is 6.92 Å². The van der Waals surface area contributed by atoms with Crippen molar-refractivity contribution < 1.29 is 4.79 Å². The Morgan fingerprint density at radius 2 is 2.00 bits per heavy atom. The highest BCUT2D eigenvalue weighted by Crippen LogP contribution is 2.35. The van der Waals surface area contributed by atoms with E-state index in [2.05, 4.69) is 20.2 Å². The highest BCUT2D eigenvalue weighted by atomic mass is 35.5. The monoisotopic (exact) mass is 387 g/mol. The Kier molecular flexibility index (Phi) is 4.65. The topological polar surface area (TPSA) is 70.5 Å². The fourth-order valence-electron chi connectivity index (χ4n) is 3.93. The number of hydrogen-bond donors (Lipinski definition) is 1. The molecule has 7 nitrogen and oxygen atoms in total. The van der Waals surface area contributed by atoms with Gasteiger partial charge in [0.05, 0.1) is 18.4 Å². The number of amides is 1. The van der Waals surface area contributed by atoms with Crippen LogP contribution < -0.4 is 15.8 Å². The quantitative estimate of drug-likeness (QED) is 0.863. The standard InChI is InChI=1S/C19H22ClN5O2/c1-12-5-3-4-6-15(12)22-17(26)11-25-13-7-14(25)10-24(9-13)16-8-21-23(2)19(27)18(16)20/h3-6,8,13-14H,7,9-11H2,1-2H3,(H,22,26). The molecule has 2 aromatic rings. The van der Waals surface area contributed by atoms with Crippen LogP contribution in [0.2, 0.25) is 5.02 Å². The van der Waals surface area contributed by atoms with Crippen LogP contribution >= 0.6 is 11.6 Å². The second-order valence-corrected chi connectivity index (χ2v) is 7.63. The van der Waals surface area contributed by atoms with Gasteiger partial charge in [-0.15, -0.1) is 0 Å². The minimum atomic E-state index is -0.289. The smallest absolute Gasteiger partial charge is 0.287 e. The van der Waals surface area contributed by atoms with E-state index < -0.39 is 0 Å². The van der Waals surface area contributed by atoms with Gasteiger partial charge >= 0.3 is 0 Å². The Morgan fingerprint density at radius 1 is 1.30 bits per heavy atom. The lowest BCUT2D eigenvalue weighted by Gasteiger charge is -2.56. The van der Waals surface area contributed by atoms with Crippen molar-refractivity contribution in [3.8, 4) is 0 Å². The number of piperidine rings is 1. The average molecular weight is 388 g/mol. The van der Waals surface area contributed by atoms with Gasteiger partial charge in [0.25, 0.3) is 5.56 Å². The molecular formula is C19H22ClN5O2. The van der Waals surface area contributed by atoms with Crippen molar-refractivity contribution in [2.45, 2.75) is 25.4 Å². The number of piperazine rings is 1. The van der Waals surface area contributed by atoms with Gasteiger partial charge in [0, 0.05) is 37.9 Å².